The monoisotopic (exact) mass is 296 g/mol. The summed E-state index contributed by atoms with van der Waals surface area (Å²) in [5, 5.41) is 8.95. The number of furan rings is 1. The van der Waals surface area contributed by atoms with Crippen LogP contribution in [-0.2, 0) is 6.42 Å². The van der Waals surface area contributed by atoms with Crippen LogP contribution in [0.25, 0.3) is 43.3 Å². The molecule has 4 aromatic carbocycles. The third kappa shape index (κ3) is 1.80. The van der Waals surface area contributed by atoms with Gasteiger partial charge in [0.15, 0.2) is 0 Å². The first kappa shape index (κ1) is 12.7. The van der Waals surface area contributed by atoms with E-state index in [1.807, 2.05) is 0 Å². The fraction of sp³-hybridized carbons (Fsp3) is 0.0909. The van der Waals surface area contributed by atoms with E-state index in [1.165, 1.54) is 37.7 Å². The Balaban J connectivity index is 1.96. The predicted molar refractivity (Wildman–Crippen MR) is 98.1 cm³/mol. The normalized spacial score (nSPS) is 11.9. The van der Waals surface area contributed by atoms with Gasteiger partial charge in [0.1, 0.15) is 11.3 Å². The second-order valence-corrected chi connectivity index (χ2v) is 6.12. The lowest BCUT2D eigenvalue weighted by Crippen LogP contribution is -1.80. The molecule has 0 atom stereocenters. The molecule has 0 aliphatic carbocycles. The summed E-state index contributed by atoms with van der Waals surface area (Å²) >= 11 is 0. The number of rotatable bonds is 1. The van der Waals surface area contributed by atoms with Crippen molar-refractivity contribution in [2.45, 2.75) is 13.3 Å². The van der Waals surface area contributed by atoms with Gasteiger partial charge in [-0.15, -0.1) is 0 Å². The molecular formula is C22H16O. The molecule has 0 saturated carbocycles. The Bertz CT molecular complexity index is 1190. The number of benzene rings is 4. The van der Waals surface area contributed by atoms with Gasteiger partial charge in [-0.05, 0) is 56.6 Å². The minimum atomic E-state index is 0.925. The van der Waals surface area contributed by atoms with Crippen molar-refractivity contribution in [2.75, 3.05) is 0 Å². The molecule has 1 nitrogen and oxygen atoms in total. The molecule has 0 N–H and O–H groups in total. The zero-order valence-corrected chi connectivity index (χ0v) is 13.0. The van der Waals surface area contributed by atoms with Crippen LogP contribution in [0.4, 0.5) is 0 Å². The second kappa shape index (κ2) is 4.60. The molecule has 5 rings (SSSR count). The van der Waals surface area contributed by atoms with Crippen molar-refractivity contribution >= 4 is 43.3 Å². The average molecular weight is 296 g/mol. The third-order valence-electron chi connectivity index (χ3n) is 4.78. The molecule has 0 aliphatic rings. The molecule has 23 heavy (non-hydrogen) atoms. The third-order valence-corrected chi connectivity index (χ3v) is 4.78. The highest BCUT2D eigenvalue weighted by atomic mass is 16.3. The highest BCUT2D eigenvalue weighted by molar-refractivity contribution is 6.18. The summed E-state index contributed by atoms with van der Waals surface area (Å²) in [4.78, 5) is 0. The van der Waals surface area contributed by atoms with Gasteiger partial charge in [0.2, 0.25) is 0 Å². The van der Waals surface area contributed by atoms with Crippen molar-refractivity contribution in [1.29, 1.82) is 0 Å². The van der Waals surface area contributed by atoms with Crippen molar-refractivity contribution < 1.29 is 4.42 Å². The Morgan fingerprint density at radius 3 is 2.22 bits per heavy atom. The Kier molecular flexibility index (Phi) is 2.54. The highest BCUT2D eigenvalue weighted by Gasteiger charge is 2.09. The molecule has 1 heteroatoms. The fourth-order valence-electron chi connectivity index (χ4n) is 3.58. The summed E-state index contributed by atoms with van der Waals surface area (Å²) < 4.78 is 5.91. The van der Waals surface area contributed by atoms with E-state index in [0.29, 0.717) is 0 Å². The van der Waals surface area contributed by atoms with Crippen LogP contribution in [0.15, 0.2) is 71.1 Å². The van der Waals surface area contributed by atoms with Gasteiger partial charge < -0.3 is 4.42 Å². The van der Waals surface area contributed by atoms with E-state index in [4.69, 9.17) is 4.42 Å². The minimum Gasteiger partial charge on any atom is -0.461 e. The summed E-state index contributed by atoms with van der Waals surface area (Å²) in [5.41, 5.74) is 0.981. The molecular weight excluding hydrogens is 280 g/mol. The fourth-order valence-corrected chi connectivity index (χ4v) is 3.58. The van der Waals surface area contributed by atoms with E-state index in [1.54, 1.807) is 0 Å². The maximum Gasteiger partial charge on any atom is 0.134 e. The van der Waals surface area contributed by atoms with Crippen LogP contribution < -0.4 is 0 Å². The second-order valence-electron chi connectivity index (χ2n) is 6.12. The zero-order valence-electron chi connectivity index (χ0n) is 13.0. The van der Waals surface area contributed by atoms with Crippen LogP contribution >= 0.6 is 0 Å². The Hall–Kier alpha value is -2.80. The Morgan fingerprint density at radius 1 is 0.652 bits per heavy atom. The van der Waals surface area contributed by atoms with Crippen molar-refractivity contribution in [1.82, 2.24) is 0 Å². The summed E-state index contributed by atoms with van der Waals surface area (Å²) in [6.07, 6.45) is 0.925. The zero-order chi connectivity index (χ0) is 15.4. The largest absolute Gasteiger partial charge is 0.461 e. The molecule has 0 saturated heterocycles. The van der Waals surface area contributed by atoms with E-state index < -0.39 is 0 Å². The number of hydrogen-bond acceptors (Lipinski definition) is 1. The lowest BCUT2D eigenvalue weighted by Gasteiger charge is -2.07. The number of fused-ring (bicyclic) bond motifs is 6. The maximum atomic E-state index is 5.91. The lowest BCUT2D eigenvalue weighted by molar-refractivity contribution is 0.557. The molecule has 0 aliphatic heterocycles. The first-order valence-electron chi connectivity index (χ1n) is 8.10. The Labute approximate surface area is 134 Å². The molecule has 0 spiro atoms. The van der Waals surface area contributed by atoms with Gasteiger partial charge in [-0.2, -0.15) is 0 Å². The van der Waals surface area contributed by atoms with Crippen molar-refractivity contribution in [2.24, 2.45) is 0 Å². The quantitative estimate of drug-likeness (QED) is 0.256. The first-order chi connectivity index (χ1) is 11.3. The number of hydrogen-bond donors (Lipinski definition) is 0. The van der Waals surface area contributed by atoms with Gasteiger partial charge in [-0.1, -0.05) is 49.4 Å². The molecule has 5 aromatic rings. The summed E-state index contributed by atoms with van der Waals surface area (Å²) in [7, 11) is 0. The first-order valence-corrected chi connectivity index (χ1v) is 8.10. The standard InChI is InChI=1S/C22H16O/c1-2-17-13-21-19-8-7-16-11-14-5-3-4-6-15(14)12-20(16)18(19)9-10-22(21)23-17/h3-13H,2H2,1H3. The number of aryl methyl sites for hydroxylation is 1. The summed E-state index contributed by atoms with van der Waals surface area (Å²) in [6, 6.07) is 24.1. The summed E-state index contributed by atoms with van der Waals surface area (Å²) in [5.74, 6) is 1.05. The summed E-state index contributed by atoms with van der Waals surface area (Å²) in [6.45, 7) is 2.13. The van der Waals surface area contributed by atoms with E-state index in [0.717, 1.165) is 17.8 Å². The minimum absolute atomic E-state index is 0.925. The smallest absolute Gasteiger partial charge is 0.134 e. The highest BCUT2D eigenvalue weighted by Crippen LogP contribution is 2.34. The molecule has 0 radical (unpaired) electrons. The van der Waals surface area contributed by atoms with Gasteiger partial charge in [0.25, 0.3) is 0 Å². The van der Waals surface area contributed by atoms with Crippen LogP contribution in [-0.4, -0.2) is 0 Å². The van der Waals surface area contributed by atoms with Crippen LogP contribution in [0.1, 0.15) is 12.7 Å². The van der Waals surface area contributed by atoms with Gasteiger partial charge in [-0.25, -0.2) is 0 Å². The van der Waals surface area contributed by atoms with Gasteiger partial charge >= 0.3 is 0 Å². The van der Waals surface area contributed by atoms with E-state index in [-0.39, 0.29) is 0 Å². The molecule has 110 valence electrons. The van der Waals surface area contributed by atoms with Crippen molar-refractivity contribution in [3.05, 3.63) is 72.5 Å². The maximum absolute atomic E-state index is 5.91. The van der Waals surface area contributed by atoms with Crippen molar-refractivity contribution in [3.8, 4) is 0 Å². The van der Waals surface area contributed by atoms with E-state index in [2.05, 4.69) is 73.7 Å². The lowest BCUT2D eigenvalue weighted by atomic mass is 9.97. The average Bonchev–Trinajstić information content (AvgIpc) is 3.03. The molecule has 1 aromatic heterocycles. The SMILES string of the molecule is CCc1cc2c(ccc3c4cc5ccccc5cc4ccc23)o1. The van der Waals surface area contributed by atoms with Crippen LogP contribution in [0.3, 0.4) is 0 Å². The molecule has 0 unspecified atom stereocenters. The van der Waals surface area contributed by atoms with Gasteiger partial charge in [0.05, 0.1) is 0 Å². The van der Waals surface area contributed by atoms with Gasteiger partial charge in [0, 0.05) is 11.8 Å². The van der Waals surface area contributed by atoms with Crippen LogP contribution in [0, 0.1) is 0 Å². The molecule has 1 heterocycles. The molecule has 0 bridgehead atoms. The molecule has 0 fully saturated rings. The molecule has 0 amide bonds. The van der Waals surface area contributed by atoms with E-state index in [9.17, 15) is 0 Å². The predicted octanol–water partition coefficient (Wildman–Crippen LogP) is 6.45. The van der Waals surface area contributed by atoms with Gasteiger partial charge in [-0.3, -0.25) is 0 Å². The van der Waals surface area contributed by atoms with Crippen LogP contribution in [0.5, 0.6) is 0 Å². The van der Waals surface area contributed by atoms with E-state index >= 15 is 0 Å². The Morgan fingerprint density at radius 2 is 1.39 bits per heavy atom. The van der Waals surface area contributed by atoms with Crippen LogP contribution in [0.2, 0.25) is 0 Å². The van der Waals surface area contributed by atoms with Crippen molar-refractivity contribution in [3.63, 3.8) is 0 Å². The topological polar surface area (TPSA) is 13.1 Å².